The van der Waals surface area contributed by atoms with E-state index in [2.05, 4.69) is 10.3 Å². The average Bonchev–Trinajstić information content (AvgIpc) is 2.83. The second-order valence-corrected chi connectivity index (χ2v) is 4.75. The van der Waals surface area contributed by atoms with Gasteiger partial charge in [-0.15, -0.1) is 0 Å². The van der Waals surface area contributed by atoms with Gasteiger partial charge in [-0.25, -0.2) is 0 Å². The molecule has 0 fully saturated rings. The lowest BCUT2D eigenvalue weighted by Gasteiger charge is -2.16. The molecule has 3 rings (SSSR count). The number of nitrogen functional groups attached to an aromatic ring is 1. The molecule has 102 valence electrons. The second kappa shape index (κ2) is 4.77. The molecule has 0 spiro atoms. The van der Waals surface area contributed by atoms with Crippen LogP contribution in [0.2, 0.25) is 0 Å². The van der Waals surface area contributed by atoms with Crippen molar-refractivity contribution in [3.63, 3.8) is 0 Å². The van der Waals surface area contributed by atoms with Crippen LogP contribution in [-0.2, 0) is 0 Å². The molecule has 5 heteroatoms. The van der Waals surface area contributed by atoms with E-state index < -0.39 is 0 Å². The molecule has 0 saturated heterocycles. The molecule has 20 heavy (non-hydrogen) atoms. The summed E-state index contributed by atoms with van der Waals surface area (Å²) in [5.41, 5.74) is 9.84. The second-order valence-electron chi connectivity index (χ2n) is 4.75. The highest BCUT2D eigenvalue weighted by Gasteiger charge is 2.10. The van der Waals surface area contributed by atoms with Gasteiger partial charge in [0.2, 0.25) is 0 Å². The Kier molecular flexibility index (Phi) is 2.95. The molecule has 0 unspecified atom stereocenters. The lowest BCUT2D eigenvalue weighted by Crippen LogP contribution is -2.10. The summed E-state index contributed by atoms with van der Waals surface area (Å²) >= 11 is 0. The number of para-hydroxylation sites is 3. The maximum Gasteiger partial charge on any atom is 0.300 e. The molecule has 0 bridgehead atoms. The number of hydrogen-bond acceptors (Lipinski definition) is 5. The van der Waals surface area contributed by atoms with Gasteiger partial charge >= 0.3 is 0 Å². The number of nitrogens with two attached hydrogens (primary N) is 1. The number of rotatable bonds is 3. The molecule has 0 atom stereocenters. The number of aromatic nitrogens is 1. The van der Waals surface area contributed by atoms with Crippen molar-refractivity contribution in [1.82, 2.24) is 4.98 Å². The third kappa shape index (κ3) is 2.14. The summed E-state index contributed by atoms with van der Waals surface area (Å²) in [5.74, 6) is 0. The molecular weight excluding hydrogens is 252 g/mol. The zero-order valence-corrected chi connectivity index (χ0v) is 11.4. The number of hydrogen-bond donors (Lipinski definition) is 2. The van der Waals surface area contributed by atoms with E-state index in [0.717, 1.165) is 11.4 Å². The normalized spacial score (nSPS) is 10.7. The molecule has 0 saturated carbocycles. The van der Waals surface area contributed by atoms with Gasteiger partial charge in [0, 0.05) is 14.1 Å². The van der Waals surface area contributed by atoms with Crippen LogP contribution in [0, 0.1) is 0 Å². The number of anilines is 4. The Labute approximate surface area is 117 Å². The van der Waals surface area contributed by atoms with Crippen LogP contribution in [-0.4, -0.2) is 19.1 Å². The first kappa shape index (κ1) is 12.3. The lowest BCUT2D eigenvalue weighted by atomic mass is 10.2. The van der Waals surface area contributed by atoms with Crippen LogP contribution < -0.4 is 16.0 Å². The third-order valence-corrected chi connectivity index (χ3v) is 3.08. The van der Waals surface area contributed by atoms with E-state index in [1.165, 1.54) is 0 Å². The van der Waals surface area contributed by atoms with Crippen molar-refractivity contribution in [3.8, 4) is 0 Å². The van der Waals surface area contributed by atoms with Gasteiger partial charge in [-0.1, -0.05) is 18.2 Å². The van der Waals surface area contributed by atoms with E-state index in [-0.39, 0.29) is 0 Å². The molecule has 0 aliphatic heterocycles. The predicted octanol–water partition coefficient (Wildman–Crippen LogP) is 3.22. The average molecular weight is 268 g/mol. The molecule has 0 aliphatic carbocycles. The zero-order chi connectivity index (χ0) is 14.1. The van der Waals surface area contributed by atoms with Crippen molar-refractivity contribution in [3.05, 3.63) is 42.5 Å². The van der Waals surface area contributed by atoms with Crippen molar-refractivity contribution < 1.29 is 4.42 Å². The van der Waals surface area contributed by atoms with Crippen molar-refractivity contribution in [2.24, 2.45) is 0 Å². The Morgan fingerprint density at radius 2 is 1.90 bits per heavy atom. The maximum atomic E-state index is 5.88. The van der Waals surface area contributed by atoms with E-state index >= 15 is 0 Å². The predicted molar refractivity (Wildman–Crippen MR) is 82.5 cm³/mol. The van der Waals surface area contributed by atoms with Crippen LogP contribution in [0.25, 0.3) is 11.1 Å². The lowest BCUT2D eigenvalue weighted by molar-refractivity contribution is 0.623. The fourth-order valence-corrected chi connectivity index (χ4v) is 2.11. The summed E-state index contributed by atoms with van der Waals surface area (Å²) in [4.78, 5) is 6.41. The van der Waals surface area contributed by atoms with Gasteiger partial charge in [0.25, 0.3) is 6.01 Å². The first-order valence-corrected chi connectivity index (χ1v) is 6.33. The van der Waals surface area contributed by atoms with Gasteiger partial charge in [-0.3, -0.25) is 0 Å². The standard InChI is InChI=1S/C15H16N4O/c1-19(2)12-8-4-3-7-11(12)17-15-18-14-10(16)6-5-9-13(14)20-15/h3-9H,16H2,1-2H3,(H,17,18). The van der Waals surface area contributed by atoms with E-state index in [0.29, 0.717) is 22.8 Å². The summed E-state index contributed by atoms with van der Waals surface area (Å²) < 4.78 is 5.67. The smallest absolute Gasteiger partial charge is 0.300 e. The van der Waals surface area contributed by atoms with Crippen LogP contribution in [0.1, 0.15) is 0 Å². The Balaban J connectivity index is 1.99. The molecule has 0 aliphatic rings. The first-order valence-electron chi connectivity index (χ1n) is 6.33. The summed E-state index contributed by atoms with van der Waals surface area (Å²) in [6.07, 6.45) is 0. The van der Waals surface area contributed by atoms with Crippen LogP contribution in [0.15, 0.2) is 46.9 Å². The highest BCUT2D eigenvalue weighted by atomic mass is 16.4. The fraction of sp³-hybridized carbons (Fsp3) is 0.133. The summed E-state index contributed by atoms with van der Waals surface area (Å²) in [6, 6.07) is 13.9. The Morgan fingerprint density at radius 3 is 2.65 bits per heavy atom. The third-order valence-electron chi connectivity index (χ3n) is 3.08. The molecule has 3 aromatic rings. The Morgan fingerprint density at radius 1 is 1.10 bits per heavy atom. The van der Waals surface area contributed by atoms with Gasteiger partial charge in [0.05, 0.1) is 17.1 Å². The van der Waals surface area contributed by atoms with E-state index in [9.17, 15) is 0 Å². The SMILES string of the molecule is CN(C)c1ccccc1Nc1nc2c(N)cccc2o1. The number of benzene rings is 2. The zero-order valence-electron chi connectivity index (χ0n) is 11.4. The van der Waals surface area contributed by atoms with Gasteiger partial charge in [-0.05, 0) is 24.3 Å². The van der Waals surface area contributed by atoms with E-state index in [1.807, 2.05) is 61.5 Å². The van der Waals surface area contributed by atoms with Crippen LogP contribution in [0.5, 0.6) is 0 Å². The highest BCUT2D eigenvalue weighted by molar-refractivity contribution is 5.87. The van der Waals surface area contributed by atoms with Crippen molar-refractivity contribution in [2.45, 2.75) is 0 Å². The largest absolute Gasteiger partial charge is 0.423 e. The van der Waals surface area contributed by atoms with Crippen molar-refractivity contribution >= 4 is 34.2 Å². The molecule has 0 amide bonds. The van der Waals surface area contributed by atoms with Crippen molar-refractivity contribution in [2.75, 3.05) is 30.0 Å². The molecule has 1 heterocycles. The summed E-state index contributed by atoms with van der Waals surface area (Å²) in [7, 11) is 3.98. The topological polar surface area (TPSA) is 67.3 Å². The molecule has 1 aromatic heterocycles. The number of oxazole rings is 1. The van der Waals surface area contributed by atoms with Gasteiger partial charge in [0.1, 0.15) is 5.52 Å². The van der Waals surface area contributed by atoms with Crippen LogP contribution in [0.3, 0.4) is 0 Å². The fourth-order valence-electron chi connectivity index (χ4n) is 2.11. The van der Waals surface area contributed by atoms with E-state index in [1.54, 1.807) is 0 Å². The minimum absolute atomic E-state index is 0.437. The molecule has 3 N–H and O–H groups in total. The molecular formula is C15H16N4O. The first-order chi connectivity index (χ1) is 9.65. The van der Waals surface area contributed by atoms with Crippen molar-refractivity contribution in [1.29, 1.82) is 0 Å². The number of nitrogens with zero attached hydrogens (tertiary/aromatic N) is 2. The van der Waals surface area contributed by atoms with Crippen LogP contribution in [0.4, 0.5) is 23.1 Å². The Hall–Kier alpha value is -2.69. The summed E-state index contributed by atoms with van der Waals surface area (Å²) in [5, 5.41) is 3.20. The number of nitrogens with one attached hydrogen (secondary N) is 1. The van der Waals surface area contributed by atoms with Gasteiger partial charge in [0.15, 0.2) is 5.58 Å². The molecule has 0 radical (unpaired) electrons. The monoisotopic (exact) mass is 268 g/mol. The van der Waals surface area contributed by atoms with E-state index in [4.69, 9.17) is 10.2 Å². The quantitative estimate of drug-likeness (QED) is 0.714. The minimum Gasteiger partial charge on any atom is -0.423 e. The summed E-state index contributed by atoms with van der Waals surface area (Å²) in [6.45, 7) is 0. The maximum absolute atomic E-state index is 5.88. The van der Waals surface area contributed by atoms with Crippen LogP contribution >= 0.6 is 0 Å². The number of fused-ring (bicyclic) bond motifs is 1. The molecule has 2 aromatic carbocycles. The van der Waals surface area contributed by atoms with Gasteiger partial charge < -0.3 is 20.4 Å². The minimum atomic E-state index is 0.437. The van der Waals surface area contributed by atoms with Gasteiger partial charge in [-0.2, -0.15) is 4.98 Å². The Bertz CT molecular complexity index is 748. The highest BCUT2D eigenvalue weighted by Crippen LogP contribution is 2.29. The molecule has 5 nitrogen and oxygen atoms in total.